The van der Waals surface area contributed by atoms with Crippen molar-refractivity contribution in [1.82, 2.24) is 0 Å². The second-order valence-electron chi connectivity index (χ2n) is 7.82. The molecular weight excluding hydrogens is 387 g/mol. The van der Waals surface area contributed by atoms with Gasteiger partial charge in [-0.3, -0.25) is 4.57 Å². The van der Waals surface area contributed by atoms with Crippen LogP contribution in [0.5, 0.6) is 0 Å². The highest BCUT2D eigenvalue weighted by Gasteiger charge is 2.28. The summed E-state index contributed by atoms with van der Waals surface area (Å²) >= 11 is 4.52. The zero-order valence-electron chi connectivity index (χ0n) is 18.4. The van der Waals surface area contributed by atoms with E-state index in [-0.39, 0.29) is 0 Å². The monoisotopic (exact) mass is 428 g/mol. The maximum Gasteiger partial charge on any atom is 0.335 e. The quantitative estimate of drug-likeness (QED) is 0.213. The minimum Gasteiger partial charge on any atom is -0.308 e. The summed E-state index contributed by atoms with van der Waals surface area (Å²) in [5.74, 6) is 0.871. The molecule has 0 aliphatic carbocycles. The number of rotatable bonds is 16. The van der Waals surface area contributed by atoms with Crippen LogP contribution < -0.4 is 0 Å². The van der Waals surface area contributed by atoms with Crippen molar-refractivity contribution < 1.29 is 13.6 Å². The fourth-order valence-corrected chi connectivity index (χ4v) is 5.41. The SMILES string of the molecule is CCCCC(CC)COP(=O)(Cc1ccccc1S)OCC(CC)CCCC. The second-order valence-corrected chi connectivity index (χ2v) is 10.4. The van der Waals surface area contributed by atoms with Crippen LogP contribution in [-0.2, 0) is 19.8 Å². The van der Waals surface area contributed by atoms with Gasteiger partial charge in [-0.15, -0.1) is 12.6 Å². The topological polar surface area (TPSA) is 35.5 Å². The Bertz CT molecular complexity index is 555. The number of benzene rings is 1. The maximum absolute atomic E-state index is 13.6. The fraction of sp³-hybridized carbons (Fsp3) is 0.739. The Labute approximate surface area is 178 Å². The predicted molar refractivity (Wildman–Crippen MR) is 124 cm³/mol. The summed E-state index contributed by atoms with van der Waals surface area (Å²) in [4.78, 5) is 0.839. The van der Waals surface area contributed by atoms with Gasteiger partial charge in [0.25, 0.3) is 0 Å². The summed E-state index contributed by atoms with van der Waals surface area (Å²) in [5, 5.41) is 0. The van der Waals surface area contributed by atoms with E-state index in [0.717, 1.165) is 36.1 Å². The molecular formula is C23H41O3PS. The molecule has 28 heavy (non-hydrogen) atoms. The molecule has 162 valence electrons. The lowest BCUT2D eigenvalue weighted by Crippen LogP contribution is -2.13. The third-order valence-electron chi connectivity index (χ3n) is 5.46. The highest BCUT2D eigenvalue weighted by atomic mass is 32.1. The van der Waals surface area contributed by atoms with Gasteiger partial charge in [-0.05, 0) is 36.3 Å². The van der Waals surface area contributed by atoms with E-state index in [2.05, 4.69) is 40.3 Å². The van der Waals surface area contributed by atoms with Crippen LogP contribution in [0.3, 0.4) is 0 Å². The molecule has 5 heteroatoms. The summed E-state index contributed by atoms with van der Waals surface area (Å²) in [6, 6.07) is 7.78. The lowest BCUT2D eigenvalue weighted by Gasteiger charge is -2.24. The zero-order chi connectivity index (χ0) is 20.8. The van der Waals surface area contributed by atoms with Crippen LogP contribution in [0.2, 0.25) is 0 Å². The zero-order valence-corrected chi connectivity index (χ0v) is 20.2. The maximum atomic E-state index is 13.6. The first-order valence-corrected chi connectivity index (χ1v) is 13.3. The van der Waals surface area contributed by atoms with Crippen molar-refractivity contribution in [3.8, 4) is 0 Å². The number of unbranched alkanes of at least 4 members (excludes halogenated alkanes) is 2. The minimum absolute atomic E-state index is 0.293. The van der Waals surface area contributed by atoms with Gasteiger partial charge in [-0.1, -0.05) is 84.4 Å². The van der Waals surface area contributed by atoms with Crippen LogP contribution in [0, 0.1) is 11.8 Å². The lowest BCUT2D eigenvalue weighted by atomic mass is 10.0. The van der Waals surface area contributed by atoms with E-state index in [0.29, 0.717) is 31.2 Å². The third-order valence-corrected chi connectivity index (χ3v) is 7.71. The van der Waals surface area contributed by atoms with Crippen molar-refractivity contribution in [1.29, 1.82) is 0 Å². The molecule has 1 rings (SSSR count). The highest BCUT2D eigenvalue weighted by Crippen LogP contribution is 2.53. The summed E-state index contributed by atoms with van der Waals surface area (Å²) in [6.07, 6.45) is 9.31. The van der Waals surface area contributed by atoms with Crippen molar-refractivity contribution in [3.63, 3.8) is 0 Å². The summed E-state index contributed by atoms with van der Waals surface area (Å²) < 4.78 is 25.7. The molecule has 2 atom stereocenters. The number of hydrogen-bond donors (Lipinski definition) is 1. The van der Waals surface area contributed by atoms with Crippen LogP contribution >= 0.6 is 20.2 Å². The van der Waals surface area contributed by atoms with Gasteiger partial charge >= 0.3 is 7.60 Å². The molecule has 0 aliphatic rings. The lowest BCUT2D eigenvalue weighted by molar-refractivity contribution is 0.150. The van der Waals surface area contributed by atoms with Crippen LogP contribution in [0.25, 0.3) is 0 Å². The highest BCUT2D eigenvalue weighted by molar-refractivity contribution is 7.80. The predicted octanol–water partition coefficient (Wildman–Crippen LogP) is 8.13. The Morgan fingerprint density at radius 3 is 1.82 bits per heavy atom. The third kappa shape index (κ3) is 9.96. The minimum atomic E-state index is -3.22. The normalized spacial score (nSPS) is 15.9. The van der Waals surface area contributed by atoms with Crippen molar-refractivity contribution in [3.05, 3.63) is 29.8 Å². The molecule has 0 bridgehead atoms. The van der Waals surface area contributed by atoms with Gasteiger partial charge in [0.05, 0.1) is 19.4 Å². The Hall–Kier alpha value is -0.280. The Kier molecular flexibility index (Phi) is 13.5. The van der Waals surface area contributed by atoms with Crippen molar-refractivity contribution in [2.45, 2.75) is 90.1 Å². The van der Waals surface area contributed by atoms with E-state index < -0.39 is 7.60 Å². The molecule has 2 unspecified atom stereocenters. The smallest absolute Gasteiger partial charge is 0.308 e. The van der Waals surface area contributed by atoms with Gasteiger partial charge in [-0.25, -0.2) is 0 Å². The number of hydrogen-bond acceptors (Lipinski definition) is 4. The van der Waals surface area contributed by atoms with Gasteiger partial charge in [0.15, 0.2) is 0 Å². The Morgan fingerprint density at radius 2 is 1.39 bits per heavy atom. The van der Waals surface area contributed by atoms with E-state index in [1.165, 1.54) is 25.7 Å². The Balaban J connectivity index is 2.82. The molecule has 0 spiro atoms. The summed E-state index contributed by atoms with van der Waals surface area (Å²) in [7, 11) is -3.22. The molecule has 0 aromatic heterocycles. The van der Waals surface area contributed by atoms with Gasteiger partial charge in [0.1, 0.15) is 0 Å². The van der Waals surface area contributed by atoms with E-state index >= 15 is 0 Å². The van der Waals surface area contributed by atoms with Crippen molar-refractivity contribution >= 4 is 20.2 Å². The molecule has 0 heterocycles. The van der Waals surface area contributed by atoms with Crippen LogP contribution in [0.1, 0.15) is 84.6 Å². The molecule has 1 aromatic rings. The first-order valence-electron chi connectivity index (χ1n) is 11.1. The van der Waals surface area contributed by atoms with Crippen LogP contribution in [0.4, 0.5) is 0 Å². The molecule has 0 N–H and O–H groups in total. The fourth-order valence-electron chi connectivity index (χ4n) is 3.22. The van der Waals surface area contributed by atoms with Gasteiger partial charge in [0.2, 0.25) is 0 Å². The average molecular weight is 429 g/mol. The molecule has 0 radical (unpaired) electrons. The van der Waals surface area contributed by atoms with Gasteiger partial charge < -0.3 is 9.05 Å². The molecule has 3 nitrogen and oxygen atoms in total. The van der Waals surface area contributed by atoms with Gasteiger partial charge in [-0.2, -0.15) is 0 Å². The van der Waals surface area contributed by atoms with E-state index in [1.54, 1.807) is 0 Å². The molecule has 0 saturated heterocycles. The van der Waals surface area contributed by atoms with Crippen LogP contribution in [-0.4, -0.2) is 13.2 Å². The molecule has 0 fully saturated rings. The van der Waals surface area contributed by atoms with Crippen LogP contribution in [0.15, 0.2) is 29.2 Å². The van der Waals surface area contributed by atoms with Crippen molar-refractivity contribution in [2.75, 3.05) is 13.2 Å². The largest absolute Gasteiger partial charge is 0.335 e. The van der Waals surface area contributed by atoms with E-state index in [4.69, 9.17) is 9.05 Å². The molecule has 0 amide bonds. The summed E-state index contributed by atoms with van der Waals surface area (Å²) in [6.45, 7) is 9.77. The van der Waals surface area contributed by atoms with Crippen molar-refractivity contribution in [2.24, 2.45) is 11.8 Å². The van der Waals surface area contributed by atoms with E-state index in [9.17, 15) is 4.57 Å². The molecule has 0 aliphatic heterocycles. The van der Waals surface area contributed by atoms with Gasteiger partial charge in [0, 0.05) is 4.90 Å². The Morgan fingerprint density at radius 1 is 0.893 bits per heavy atom. The molecule has 0 saturated carbocycles. The first-order chi connectivity index (χ1) is 13.5. The van der Waals surface area contributed by atoms with E-state index in [1.807, 2.05) is 24.3 Å². The molecule has 1 aromatic carbocycles. The second kappa shape index (κ2) is 14.7. The standard InChI is InChI=1S/C23H41O3PS/c1-5-9-13-20(7-3)17-25-27(24,19-22-15-11-12-16-23(22)28)26-18-21(8-4)14-10-6-2/h11-12,15-16,20-21,28H,5-10,13-14,17-19H2,1-4H3. The summed E-state index contributed by atoms with van der Waals surface area (Å²) in [5.41, 5.74) is 0.928. The average Bonchev–Trinajstić information content (AvgIpc) is 2.70. The first kappa shape index (κ1) is 25.8. The number of thiol groups is 1.